The number of rotatable bonds is 42. The van der Waals surface area contributed by atoms with Gasteiger partial charge in [0.2, 0.25) is 0 Å². The van der Waals surface area contributed by atoms with E-state index in [1.54, 1.807) is 6.92 Å². The van der Waals surface area contributed by atoms with Crippen molar-refractivity contribution < 1.29 is 29.7 Å². The minimum Gasteiger partial charge on any atom is -0.513 e. The first-order valence-corrected chi connectivity index (χ1v) is 25.6. The highest BCUT2D eigenvalue weighted by Gasteiger charge is 2.18. The zero-order valence-electron chi connectivity index (χ0n) is 41.6. The number of aliphatic carboxylic acids is 2. The number of hydrogen-bond donors (Lipinski definition) is 3. The second-order valence-corrected chi connectivity index (χ2v) is 17.5. The van der Waals surface area contributed by atoms with Crippen LogP contribution < -0.4 is 0 Å². The number of carboxylic acid groups (broad SMARTS) is 2. The molecule has 0 fully saturated rings. The van der Waals surface area contributed by atoms with Gasteiger partial charge in [-0.25, -0.2) is 0 Å². The molecule has 3 N–H and O–H groups in total. The molecule has 0 radical (unpaired) electrons. The van der Waals surface area contributed by atoms with E-state index in [9.17, 15) is 14.4 Å². The second kappa shape index (κ2) is 48.5. The topological polar surface area (TPSA) is 112 Å². The van der Waals surface area contributed by atoms with Crippen LogP contribution in [0.2, 0.25) is 0 Å². The van der Waals surface area contributed by atoms with Crippen molar-refractivity contribution >= 4 is 17.7 Å². The Kier molecular flexibility index (Phi) is 47.1. The maximum atomic E-state index is 11.0. The highest BCUT2D eigenvalue weighted by atomic mass is 16.4. The van der Waals surface area contributed by atoms with E-state index in [-0.39, 0.29) is 24.4 Å². The molecule has 4 atom stereocenters. The van der Waals surface area contributed by atoms with Crippen molar-refractivity contribution in [2.75, 3.05) is 0 Å². The standard InChI is InChI=1S/2C29H48O3/c2*1-4-6-8-9-10-13-17-23-28(24-19-25-29(31)32)27(21-15-7-5-2)22-18-14-11-12-16-20-26(3)30/h10-11,13-14,17-18,22-23,27-28H,4-9,12,15-16,19-21,24-25H2,1-3H3,(H,31,32);10-11,13-14,17-18,22-23,27-28,30H,3-9,12,15-16,19-21,24-25H2,1-2H3,(H,31,32)/b13-10+,14-11+,22-18+,23-17+;13-10-,14-11+,22-18+,23-17+. The molecule has 0 rings (SSSR count). The van der Waals surface area contributed by atoms with Crippen molar-refractivity contribution in [1.29, 1.82) is 0 Å². The van der Waals surface area contributed by atoms with Gasteiger partial charge < -0.3 is 20.1 Å². The molecule has 0 spiro atoms. The lowest BCUT2D eigenvalue weighted by Gasteiger charge is -2.22. The average Bonchev–Trinajstić information content (AvgIpc) is 3.25. The summed E-state index contributed by atoms with van der Waals surface area (Å²) in [5.74, 6) is 0.623. The molecule has 6 heteroatoms. The molecule has 0 saturated heterocycles. The van der Waals surface area contributed by atoms with Gasteiger partial charge in [0.25, 0.3) is 0 Å². The SMILES string of the molecule is C=C(O)CCC/C=C/C=C/C(CCCCC)C(/C=C/C=C\CCCCC)CCCC(=O)O.CCCCC/C=C/C=C/C(CCCC(=O)O)C(/C=C/C=C/CCCC(C)=O)CCCCC. The van der Waals surface area contributed by atoms with E-state index in [4.69, 9.17) is 15.3 Å². The maximum absolute atomic E-state index is 11.0. The first-order valence-electron chi connectivity index (χ1n) is 25.6. The molecule has 4 unspecified atom stereocenters. The van der Waals surface area contributed by atoms with Gasteiger partial charge in [0.15, 0.2) is 0 Å². The van der Waals surface area contributed by atoms with Crippen LogP contribution in [0.1, 0.15) is 214 Å². The third-order valence-corrected chi connectivity index (χ3v) is 11.3. The molecule has 0 aliphatic rings. The van der Waals surface area contributed by atoms with E-state index in [2.05, 4.69) is 131 Å². The quantitative estimate of drug-likeness (QED) is 0.0320. The van der Waals surface area contributed by atoms with Crippen molar-refractivity contribution in [3.63, 3.8) is 0 Å². The number of allylic oxidation sites excluding steroid dienone is 17. The van der Waals surface area contributed by atoms with Gasteiger partial charge in [-0.15, -0.1) is 0 Å². The molecule has 6 nitrogen and oxygen atoms in total. The number of aliphatic hydroxyl groups is 1. The average molecular weight is 889 g/mol. The maximum Gasteiger partial charge on any atom is 0.303 e. The van der Waals surface area contributed by atoms with Gasteiger partial charge in [0.05, 0.1) is 5.76 Å². The van der Waals surface area contributed by atoms with Crippen molar-refractivity contribution in [2.24, 2.45) is 23.7 Å². The molecule has 0 aromatic carbocycles. The monoisotopic (exact) mass is 889 g/mol. The van der Waals surface area contributed by atoms with Crippen molar-refractivity contribution in [1.82, 2.24) is 0 Å². The highest BCUT2D eigenvalue weighted by Crippen LogP contribution is 2.29. The van der Waals surface area contributed by atoms with Crippen LogP contribution in [0.5, 0.6) is 0 Å². The van der Waals surface area contributed by atoms with Crippen LogP contribution in [0, 0.1) is 23.7 Å². The Morgan fingerprint density at radius 1 is 0.391 bits per heavy atom. The summed E-state index contributed by atoms with van der Waals surface area (Å²) >= 11 is 0. The van der Waals surface area contributed by atoms with Crippen LogP contribution in [0.4, 0.5) is 0 Å². The van der Waals surface area contributed by atoms with Gasteiger partial charge in [0, 0.05) is 25.7 Å². The minimum atomic E-state index is -0.713. The van der Waals surface area contributed by atoms with Crippen molar-refractivity contribution in [3.8, 4) is 0 Å². The molecule has 0 heterocycles. The number of carboxylic acids is 2. The summed E-state index contributed by atoms with van der Waals surface area (Å²) in [5, 5.41) is 27.3. The highest BCUT2D eigenvalue weighted by molar-refractivity contribution is 5.75. The van der Waals surface area contributed by atoms with Crippen LogP contribution in [0.15, 0.2) is 110 Å². The molecule has 0 aromatic rings. The first kappa shape index (κ1) is 62.2. The summed E-state index contributed by atoms with van der Waals surface area (Å²) in [6, 6.07) is 0. The van der Waals surface area contributed by atoms with Gasteiger partial charge in [-0.3, -0.25) is 9.59 Å². The largest absolute Gasteiger partial charge is 0.513 e. The van der Waals surface area contributed by atoms with Crippen LogP contribution in [-0.2, 0) is 14.4 Å². The number of ketones is 1. The molecule has 0 amide bonds. The fourth-order valence-corrected chi connectivity index (χ4v) is 7.49. The number of hydrogen-bond acceptors (Lipinski definition) is 4. The predicted molar refractivity (Wildman–Crippen MR) is 277 cm³/mol. The van der Waals surface area contributed by atoms with Gasteiger partial charge >= 0.3 is 11.9 Å². The van der Waals surface area contributed by atoms with Gasteiger partial charge in [-0.05, 0) is 120 Å². The summed E-state index contributed by atoms with van der Waals surface area (Å²) in [6.45, 7) is 14.1. The summed E-state index contributed by atoms with van der Waals surface area (Å²) in [5.41, 5.74) is 0. The van der Waals surface area contributed by atoms with Gasteiger partial charge in [0.1, 0.15) is 5.78 Å². The fourth-order valence-electron chi connectivity index (χ4n) is 7.49. The Bertz CT molecular complexity index is 1270. The summed E-state index contributed by atoms with van der Waals surface area (Å²) in [6.07, 6.45) is 63.0. The van der Waals surface area contributed by atoms with Gasteiger partial charge in [-0.1, -0.05) is 196 Å². The van der Waals surface area contributed by atoms with Crippen LogP contribution >= 0.6 is 0 Å². The number of carbonyl (C=O) groups excluding carboxylic acids is 1. The fraction of sp³-hybridized carbons (Fsp3) is 0.638. The van der Waals surface area contributed by atoms with Crippen LogP contribution in [-0.4, -0.2) is 33.0 Å². The molecule has 64 heavy (non-hydrogen) atoms. The zero-order chi connectivity index (χ0) is 47.7. The number of carbonyl (C=O) groups is 3. The molecule has 0 bridgehead atoms. The third-order valence-electron chi connectivity index (χ3n) is 11.3. The van der Waals surface area contributed by atoms with E-state index in [0.717, 1.165) is 64.2 Å². The molecule has 0 aromatic heterocycles. The van der Waals surface area contributed by atoms with E-state index in [1.807, 2.05) is 0 Å². The minimum absolute atomic E-state index is 0.235. The van der Waals surface area contributed by atoms with Crippen molar-refractivity contribution in [3.05, 3.63) is 110 Å². The normalized spacial score (nSPS) is 14.2. The molecular weight excluding hydrogens is 793 g/mol. The summed E-state index contributed by atoms with van der Waals surface area (Å²) in [7, 11) is 0. The Hall–Kier alpha value is -3.93. The van der Waals surface area contributed by atoms with E-state index in [1.165, 1.54) is 77.0 Å². The summed E-state index contributed by atoms with van der Waals surface area (Å²) in [4.78, 5) is 33.1. The molecule has 364 valence electrons. The molecule has 0 aliphatic carbocycles. The smallest absolute Gasteiger partial charge is 0.303 e. The first-order chi connectivity index (χ1) is 31.0. The van der Waals surface area contributed by atoms with Crippen LogP contribution in [0.3, 0.4) is 0 Å². The lowest BCUT2D eigenvalue weighted by Crippen LogP contribution is -2.12. The lowest BCUT2D eigenvalue weighted by molar-refractivity contribution is -0.138. The Labute approximate surface area is 393 Å². The predicted octanol–water partition coefficient (Wildman–Crippen LogP) is 17.7. The van der Waals surface area contributed by atoms with E-state index in [0.29, 0.717) is 49.4 Å². The Morgan fingerprint density at radius 3 is 0.984 bits per heavy atom. The molecule has 0 aliphatic heterocycles. The van der Waals surface area contributed by atoms with Crippen LogP contribution in [0.25, 0.3) is 0 Å². The second-order valence-electron chi connectivity index (χ2n) is 17.5. The van der Waals surface area contributed by atoms with E-state index >= 15 is 0 Å². The Balaban J connectivity index is 0. The number of Topliss-reactive ketones (excluding diaryl/α,β-unsaturated/α-hetero) is 1. The third kappa shape index (κ3) is 46.1. The van der Waals surface area contributed by atoms with Crippen molar-refractivity contribution in [2.45, 2.75) is 214 Å². The Morgan fingerprint density at radius 2 is 0.688 bits per heavy atom. The van der Waals surface area contributed by atoms with E-state index < -0.39 is 11.9 Å². The number of aliphatic hydroxyl groups excluding tert-OH is 1. The number of unbranched alkanes of at least 4 members (excludes halogenated alkanes) is 12. The lowest BCUT2D eigenvalue weighted by atomic mass is 9.83. The zero-order valence-corrected chi connectivity index (χ0v) is 41.6. The molecular formula is C58H96O6. The molecule has 0 saturated carbocycles. The van der Waals surface area contributed by atoms with Gasteiger partial charge in [-0.2, -0.15) is 0 Å². The summed E-state index contributed by atoms with van der Waals surface area (Å²) < 4.78 is 0.